The Morgan fingerprint density at radius 3 is 1.85 bits per heavy atom. The fourth-order valence-electron chi connectivity index (χ4n) is 1.63. The standard InChI is InChI=1S/C11H27Si2/c1-6-12(7-2)10-8-9-11-13(3,4)5/h6-11H2,1-5H3. The predicted octanol–water partition coefficient (Wildman–Crippen LogP) is 4.64. The lowest BCUT2D eigenvalue weighted by Gasteiger charge is -2.16. The molecule has 0 unspecified atom stereocenters. The molecule has 0 aromatic carbocycles. The zero-order valence-corrected chi connectivity index (χ0v) is 12.2. The van der Waals surface area contributed by atoms with Crippen LogP contribution in [0.2, 0.25) is 43.8 Å². The van der Waals surface area contributed by atoms with Gasteiger partial charge >= 0.3 is 0 Å². The quantitative estimate of drug-likeness (QED) is 0.429. The van der Waals surface area contributed by atoms with E-state index < -0.39 is 8.07 Å². The maximum absolute atomic E-state index is 2.48. The molecule has 1 radical (unpaired) electrons. The van der Waals surface area contributed by atoms with Crippen LogP contribution in [0.4, 0.5) is 0 Å². The van der Waals surface area contributed by atoms with Gasteiger partial charge in [-0.25, -0.2) is 0 Å². The molecule has 0 aliphatic rings. The highest BCUT2D eigenvalue weighted by Crippen LogP contribution is 2.16. The van der Waals surface area contributed by atoms with E-state index in [-0.39, 0.29) is 8.80 Å². The summed E-state index contributed by atoms with van der Waals surface area (Å²) in [5.74, 6) is 0. The average Bonchev–Trinajstić information content (AvgIpc) is 2.03. The summed E-state index contributed by atoms with van der Waals surface area (Å²) in [6, 6.07) is 6.07. The van der Waals surface area contributed by atoms with E-state index >= 15 is 0 Å². The number of hydrogen-bond acceptors (Lipinski definition) is 0. The molecule has 0 amide bonds. The Morgan fingerprint density at radius 1 is 0.923 bits per heavy atom. The second-order valence-electron chi connectivity index (χ2n) is 5.22. The van der Waals surface area contributed by atoms with Crippen LogP contribution in [0.5, 0.6) is 0 Å². The molecule has 0 bridgehead atoms. The minimum Gasteiger partial charge on any atom is -0.0695 e. The summed E-state index contributed by atoms with van der Waals surface area (Å²) in [6.45, 7) is 12.2. The molecular formula is C11H27Si2. The van der Waals surface area contributed by atoms with Crippen LogP contribution in [-0.4, -0.2) is 16.9 Å². The number of unbranched alkanes of at least 4 members (excludes halogenated alkanes) is 1. The van der Waals surface area contributed by atoms with E-state index in [4.69, 9.17) is 0 Å². The fraction of sp³-hybridized carbons (Fsp3) is 1.00. The van der Waals surface area contributed by atoms with Crippen LogP contribution in [-0.2, 0) is 0 Å². The molecule has 2 heteroatoms. The molecule has 0 aliphatic carbocycles. The number of hydrogen-bond donors (Lipinski definition) is 0. The van der Waals surface area contributed by atoms with Gasteiger partial charge in [-0.1, -0.05) is 70.5 Å². The van der Waals surface area contributed by atoms with Gasteiger partial charge < -0.3 is 0 Å². The third kappa shape index (κ3) is 8.76. The molecule has 0 spiro atoms. The molecule has 0 aliphatic heterocycles. The summed E-state index contributed by atoms with van der Waals surface area (Å²) in [7, 11) is -0.664. The van der Waals surface area contributed by atoms with Crippen LogP contribution < -0.4 is 0 Å². The zero-order valence-electron chi connectivity index (χ0n) is 10.2. The van der Waals surface area contributed by atoms with Crippen LogP contribution in [0.15, 0.2) is 0 Å². The molecular weight excluding hydrogens is 188 g/mol. The molecule has 79 valence electrons. The van der Waals surface area contributed by atoms with Crippen LogP contribution in [0.25, 0.3) is 0 Å². The highest BCUT2D eigenvalue weighted by Gasteiger charge is 2.12. The minimum absolute atomic E-state index is 0.0747. The summed E-state index contributed by atoms with van der Waals surface area (Å²) < 4.78 is 0. The van der Waals surface area contributed by atoms with Crippen molar-refractivity contribution in [1.82, 2.24) is 0 Å². The lowest BCUT2D eigenvalue weighted by atomic mass is 10.4. The van der Waals surface area contributed by atoms with Crippen molar-refractivity contribution in [2.45, 2.75) is 70.5 Å². The van der Waals surface area contributed by atoms with Gasteiger partial charge in [-0.15, -0.1) is 0 Å². The summed E-state index contributed by atoms with van der Waals surface area (Å²) in [6.07, 6.45) is 3.02. The Balaban J connectivity index is 3.34. The lowest BCUT2D eigenvalue weighted by Crippen LogP contribution is -2.19. The van der Waals surface area contributed by atoms with Crippen molar-refractivity contribution in [3.63, 3.8) is 0 Å². The van der Waals surface area contributed by atoms with Crippen LogP contribution in [0.3, 0.4) is 0 Å². The topological polar surface area (TPSA) is 0 Å². The van der Waals surface area contributed by atoms with Crippen LogP contribution in [0.1, 0.15) is 26.7 Å². The fourth-order valence-corrected chi connectivity index (χ4v) is 4.90. The Labute approximate surface area is 87.7 Å². The van der Waals surface area contributed by atoms with Crippen molar-refractivity contribution >= 4 is 16.9 Å². The van der Waals surface area contributed by atoms with Gasteiger partial charge in [0.2, 0.25) is 0 Å². The molecule has 0 fully saturated rings. The Kier molecular flexibility index (Phi) is 7.05. The van der Waals surface area contributed by atoms with E-state index in [0.717, 1.165) is 0 Å². The van der Waals surface area contributed by atoms with Gasteiger partial charge in [0, 0.05) is 16.9 Å². The third-order valence-electron chi connectivity index (χ3n) is 2.71. The van der Waals surface area contributed by atoms with Gasteiger partial charge in [-0.3, -0.25) is 0 Å². The van der Waals surface area contributed by atoms with Gasteiger partial charge in [0.25, 0.3) is 0 Å². The second kappa shape index (κ2) is 6.82. The maximum Gasteiger partial charge on any atom is 0.0473 e. The molecule has 0 nitrogen and oxygen atoms in total. The van der Waals surface area contributed by atoms with Gasteiger partial charge in [0.05, 0.1) is 0 Å². The summed E-state index contributed by atoms with van der Waals surface area (Å²) >= 11 is 0. The molecule has 0 saturated heterocycles. The Bertz CT molecular complexity index is 112. The number of rotatable bonds is 7. The van der Waals surface area contributed by atoms with Gasteiger partial charge in [0.1, 0.15) is 0 Å². The van der Waals surface area contributed by atoms with Crippen LogP contribution >= 0.6 is 0 Å². The largest absolute Gasteiger partial charge is 0.0695 e. The van der Waals surface area contributed by atoms with E-state index in [1.165, 1.54) is 31.0 Å². The zero-order chi connectivity index (χ0) is 10.3. The van der Waals surface area contributed by atoms with Crippen molar-refractivity contribution < 1.29 is 0 Å². The lowest BCUT2D eigenvalue weighted by molar-refractivity contribution is 0.853. The van der Waals surface area contributed by atoms with E-state index in [1.54, 1.807) is 6.04 Å². The third-order valence-corrected chi connectivity index (χ3v) is 7.62. The highest BCUT2D eigenvalue weighted by molar-refractivity contribution is 6.76. The average molecular weight is 216 g/mol. The maximum atomic E-state index is 2.48. The molecule has 0 heterocycles. The first-order valence-electron chi connectivity index (χ1n) is 5.83. The summed E-state index contributed by atoms with van der Waals surface area (Å²) in [5, 5.41) is 0. The first-order valence-corrected chi connectivity index (χ1v) is 11.7. The van der Waals surface area contributed by atoms with E-state index in [9.17, 15) is 0 Å². The molecule has 0 rings (SSSR count). The molecule has 0 atom stereocenters. The van der Waals surface area contributed by atoms with Gasteiger partial charge in [0.15, 0.2) is 0 Å². The van der Waals surface area contributed by atoms with Crippen LogP contribution in [0, 0.1) is 0 Å². The predicted molar refractivity (Wildman–Crippen MR) is 68.9 cm³/mol. The first-order chi connectivity index (χ1) is 5.99. The Morgan fingerprint density at radius 2 is 1.46 bits per heavy atom. The molecule has 0 aromatic rings. The Hall–Kier alpha value is 0.434. The minimum atomic E-state index is -0.738. The van der Waals surface area contributed by atoms with E-state index in [0.29, 0.717) is 0 Å². The van der Waals surface area contributed by atoms with Gasteiger partial charge in [-0.2, -0.15) is 0 Å². The van der Waals surface area contributed by atoms with Crippen molar-refractivity contribution in [3.8, 4) is 0 Å². The normalized spacial score (nSPS) is 12.5. The highest BCUT2D eigenvalue weighted by atomic mass is 28.3. The molecule has 0 aromatic heterocycles. The first kappa shape index (κ1) is 13.4. The smallest absolute Gasteiger partial charge is 0.0473 e. The SMILES string of the molecule is CC[Si](CC)CCCC[Si](C)(C)C. The summed E-state index contributed by atoms with van der Waals surface area (Å²) in [4.78, 5) is 0. The van der Waals surface area contributed by atoms with Crippen molar-refractivity contribution in [2.75, 3.05) is 0 Å². The van der Waals surface area contributed by atoms with Crippen molar-refractivity contribution in [2.24, 2.45) is 0 Å². The van der Waals surface area contributed by atoms with Gasteiger partial charge in [-0.05, 0) is 0 Å². The van der Waals surface area contributed by atoms with E-state index in [2.05, 4.69) is 33.5 Å². The summed E-state index contributed by atoms with van der Waals surface area (Å²) in [5.41, 5.74) is 0. The molecule has 0 saturated carbocycles. The van der Waals surface area contributed by atoms with Crippen molar-refractivity contribution in [1.29, 1.82) is 0 Å². The molecule has 13 heavy (non-hydrogen) atoms. The second-order valence-corrected chi connectivity index (χ2v) is 14.3. The van der Waals surface area contributed by atoms with E-state index in [1.807, 2.05) is 0 Å². The monoisotopic (exact) mass is 215 g/mol. The van der Waals surface area contributed by atoms with Crippen molar-refractivity contribution in [3.05, 3.63) is 0 Å². The molecule has 0 N–H and O–H groups in total.